The number of anilines is 1. The Kier molecular flexibility index (Phi) is 4.23. The van der Waals surface area contributed by atoms with Crippen molar-refractivity contribution in [2.24, 2.45) is 0 Å². The molecule has 2 rings (SSSR count). The Morgan fingerprint density at radius 2 is 1.84 bits per heavy atom. The molecule has 1 atom stereocenters. The molecule has 2 amide bonds. The number of nitrogens with zero attached hydrogens (tertiary/aromatic N) is 1. The topological polar surface area (TPSA) is 49.4 Å². The number of benzene rings is 1. The lowest BCUT2D eigenvalue weighted by atomic mass is 10.1. The van der Waals surface area contributed by atoms with E-state index in [1.54, 1.807) is 0 Å². The van der Waals surface area contributed by atoms with E-state index in [1.165, 1.54) is 17.0 Å². The summed E-state index contributed by atoms with van der Waals surface area (Å²) in [5.74, 6) is -0.434. The van der Waals surface area contributed by atoms with E-state index in [1.807, 2.05) is 6.92 Å². The van der Waals surface area contributed by atoms with Gasteiger partial charge in [-0.2, -0.15) is 0 Å². The first-order valence-corrected chi connectivity index (χ1v) is 6.82. The molecule has 1 heterocycles. The SMILES string of the molecule is CCC1NC(=O)CN(c2cc(Cl)c(Cl)cc2Cl)C1=O. The van der Waals surface area contributed by atoms with Crippen molar-refractivity contribution in [3.63, 3.8) is 0 Å². The number of hydrogen-bond donors (Lipinski definition) is 1. The highest BCUT2D eigenvalue weighted by Gasteiger charge is 2.33. The van der Waals surface area contributed by atoms with Gasteiger partial charge in [0.1, 0.15) is 12.6 Å². The van der Waals surface area contributed by atoms with E-state index < -0.39 is 6.04 Å². The molecule has 0 aliphatic carbocycles. The number of halogens is 3. The molecule has 0 saturated carbocycles. The molecule has 1 aromatic carbocycles. The van der Waals surface area contributed by atoms with Crippen LogP contribution in [0.25, 0.3) is 0 Å². The number of amides is 2. The first-order chi connectivity index (χ1) is 8.93. The Bertz CT molecular complexity index is 548. The minimum atomic E-state index is -0.535. The summed E-state index contributed by atoms with van der Waals surface area (Å²) < 4.78 is 0. The summed E-state index contributed by atoms with van der Waals surface area (Å²) in [5.41, 5.74) is 0.398. The van der Waals surface area contributed by atoms with Crippen LogP contribution in [0.1, 0.15) is 13.3 Å². The highest BCUT2D eigenvalue weighted by molar-refractivity contribution is 6.44. The number of nitrogens with one attached hydrogen (secondary N) is 1. The third kappa shape index (κ3) is 2.81. The Hall–Kier alpha value is -0.970. The molecule has 1 saturated heterocycles. The summed E-state index contributed by atoms with van der Waals surface area (Å²) >= 11 is 17.8. The normalized spacial score (nSPS) is 19.6. The van der Waals surface area contributed by atoms with Crippen LogP contribution < -0.4 is 10.2 Å². The van der Waals surface area contributed by atoms with Gasteiger partial charge in [-0.25, -0.2) is 0 Å². The molecular weight excluding hydrogens is 311 g/mol. The number of carbonyl (C=O) groups excluding carboxylic acids is 2. The van der Waals surface area contributed by atoms with Crippen molar-refractivity contribution >= 4 is 52.3 Å². The zero-order valence-electron chi connectivity index (χ0n) is 10.0. The Morgan fingerprint density at radius 3 is 2.47 bits per heavy atom. The zero-order chi connectivity index (χ0) is 14.2. The van der Waals surface area contributed by atoms with Gasteiger partial charge in [0.25, 0.3) is 0 Å². The first-order valence-electron chi connectivity index (χ1n) is 5.69. The molecular formula is C12H11Cl3N2O2. The van der Waals surface area contributed by atoms with Crippen molar-refractivity contribution in [2.75, 3.05) is 11.4 Å². The van der Waals surface area contributed by atoms with Crippen LogP contribution in [0.3, 0.4) is 0 Å². The van der Waals surface area contributed by atoms with Crippen LogP contribution in [0, 0.1) is 0 Å². The largest absolute Gasteiger partial charge is 0.343 e. The first kappa shape index (κ1) is 14.4. The van der Waals surface area contributed by atoms with Crippen LogP contribution in [-0.4, -0.2) is 24.4 Å². The van der Waals surface area contributed by atoms with Gasteiger partial charge in [-0.1, -0.05) is 41.7 Å². The monoisotopic (exact) mass is 320 g/mol. The van der Waals surface area contributed by atoms with E-state index in [4.69, 9.17) is 34.8 Å². The molecule has 1 aliphatic rings. The van der Waals surface area contributed by atoms with E-state index in [2.05, 4.69) is 5.32 Å². The number of rotatable bonds is 2. The molecule has 1 aliphatic heterocycles. The molecule has 4 nitrogen and oxygen atoms in total. The van der Waals surface area contributed by atoms with Gasteiger partial charge < -0.3 is 5.32 Å². The predicted octanol–water partition coefficient (Wildman–Crippen LogP) is 2.89. The average Bonchev–Trinajstić information content (AvgIpc) is 2.36. The minimum Gasteiger partial charge on any atom is -0.343 e. The lowest BCUT2D eigenvalue weighted by Gasteiger charge is -2.32. The smallest absolute Gasteiger partial charge is 0.250 e. The molecule has 0 aromatic heterocycles. The second kappa shape index (κ2) is 5.57. The van der Waals surface area contributed by atoms with Crippen molar-refractivity contribution in [3.05, 3.63) is 27.2 Å². The quantitative estimate of drug-likeness (QED) is 0.852. The van der Waals surface area contributed by atoms with E-state index in [-0.39, 0.29) is 28.4 Å². The van der Waals surface area contributed by atoms with Crippen LogP contribution in [-0.2, 0) is 9.59 Å². The molecule has 0 radical (unpaired) electrons. The molecule has 0 bridgehead atoms. The second-order valence-electron chi connectivity index (χ2n) is 4.17. The molecule has 7 heteroatoms. The van der Waals surface area contributed by atoms with Crippen molar-refractivity contribution in [3.8, 4) is 0 Å². The maximum atomic E-state index is 12.2. The fourth-order valence-electron chi connectivity index (χ4n) is 1.91. The van der Waals surface area contributed by atoms with Gasteiger partial charge in [-0.15, -0.1) is 0 Å². The van der Waals surface area contributed by atoms with Crippen molar-refractivity contribution in [2.45, 2.75) is 19.4 Å². The molecule has 1 N–H and O–H groups in total. The zero-order valence-corrected chi connectivity index (χ0v) is 12.3. The van der Waals surface area contributed by atoms with E-state index in [0.29, 0.717) is 17.1 Å². The Labute approximate surface area is 125 Å². The molecule has 1 fully saturated rings. The summed E-state index contributed by atoms with van der Waals surface area (Å²) in [5, 5.41) is 3.50. The van der Waals surface area contributed by atoms with Gasteiger partial charge in [0.2, 0.25) is 11.8 Å². The van der Waals surface area contributed by atoms with Crippen LogP contribution in [0.15, 0.2) is 12.1 Å². The maximum absolute atomic E-state index is 12.2. The van der Waals surface area contributed by atoms with Crippen LogP contribution in [0.5, 0.6) is 0 Å². The highest BCUT2D eigenvalue weighted by atomic mass is 35.5. The Morgan fingerprint density at radius 1 is 1.21 bits per heavy atom. The summed E-state index contributed by atoms with van der Waals surface area (Å²) in [6.45, 7) is 1.75. The van der Waals surface area contributed by atoms with Crippen molar-refractivity contribution < 1.29 is 9.59 Å². The number of carbonyl (C=O) groups is 2. The second-order valence-corrected chi connectivity index (χ2v) is 5.39. The van der Waals surface area contributed by atoms with Crippen molar-refractivity contribution in [1.29, 1.82) is 0 Å². The number of hydrogen-bond acceptors (Lipinski definition) is 2. The molecule has 102 valence electrons. The third-order valence-corrected chi connectivity index (χ3v) is 3.91. The van der Waals surface area contributed by atoms with E-state index >= 15 is 0 Å². The Balaban J connectivity index is 2.42. The average molecular weight is 322 g/mol. The van der Waals surface area contributed by atoms with Gasteiger partial charge >= 0.3 is 0 Å². The summed E-state index contributed by atoms with van der Waals surface area (Å²) in [6, 6.07) is 2.42. The molecule has 19 heavy (non-hydrogen) atoms. The summed E-state index contributed by atoms with van der Waals surface area (Å²) in [6.07, 6.45) is 0.514. The third-order valence-electron chi connectivity index (χ3n) is 2.89. The van der Waals surface area contributed by atoms with Crippen LogP contribution >= 0.6 is 34.8 Å². The standard InChI is InChI=1S/C12H11Cl3N2O2/c1-2-9-12(19)17(5-11(18)16-9)10-4-7(14)6(13)3-8(10)15/h3-4,9H,2,5H2,1H3,(H,16,18). The van der Waals surface area contributed by atoms with Gasteiger partial charge in [-0.3, -0.25) is 14.5 Å². The van der Waals surface area contributed by atoms with Crippen molar-refractivity contribution in [1.82, 2.24) is 5.32 Å². The van der Waals surface area contributed by atoms with Gasteiger partial charge in [0.15, 0.2) is 0 Å². The fourth-order valence-corrected chi connectivity index (χ4v) is 2.55. The highest BCUT2D eigenvalue weighted by Crippen LogP contribution is 2.35. The van der Waals surface area contributed by atoms with Gasteiger partial charge in [0, 0.05) is 0 Å². The lowest BCUT2D eigenvalue weighted by Crippen LogP contribution is -2.58. The molecule has 0 spiro atoms. The summed E-state index contributed by atoms with van der Waals surface area (Å²) in [4.78, 5) is 25.2. The van der Waals surface area contributed by atoms with E-state index in [0.717, 1.165) is 0 Å². The summed E-state index contributed by atoms with van der Waals surface area (Å²) in [7, 11) is 0. The molecule has 1 aromatic rings. The van der Waals surface area contributed by atoms with E-state index in [9.17, 15) is 9.59 Å². The molecule has 1 unspecified atom stereocenters. The predicted molar refractivity (Wildman–Crippen MR) is 76.0 cm³/mol. The van der Waals surface area contributed by atoms with Gasteiger partial charge in [-0.05, 0) is 18.6 Å². The fraction of sp³-hybridized carbons (Fsp3) is 0.333. The number of piperazine rings is 1. The lowest BCUT2D eigenvalue weighted by molar-refractivity contribution is -0.131. The minimum absolute atomic E-state index is 0.0764. The van der Waals surface area contributed by atoms with Gasteiger partial charge in [0.05, 0.1) is 20.8 Å². The van der Waals surface area contributed by atoms with Crippen LogP contribution in [0.4, 0.5) is 5.69 Å². The van der Waals surface area contributed by atoms with Crippen LogP contribution in [0.2, 0.25) is 15.1 Å². The maximum Gasteiger partial charge on any atom is 0.250 e.